The highest BCUT2D eigenvalue weighted by Crippen LogP contribution is 2.15. The first kappa shape index (κ1) is 48.0. The quantitative estimate of drug-likeness (QED) is 0.0498. The van der Waals surface area contributed by atoms with Crippen molar-refractivity contribution in [1.29, 1.82) is 0 Å². The SMILES string of the molecule is CCCCCCCCCCCCCCCCCCNCC(C)N.CCCCCCCCCCCCCCCCCCNCCCN. The van der Waals surface area contributed by atoms with E-state index < -0.39 is 0 Å². The van der Waals surface area contributed by atoms with Crippen molar-refractivity contribution in [2.45, 2.75) is 239 Å². The number of nitrogens with two attached hydrogens (primary N) is 2. The Bertz CT molecular complexity index is 464. The van der Waals surface area contributed by atoms with E-state index in [0.717, 1.165) is 32.6 Å². The van der Waals surface area contributed by atoms with Crippen molar-refractivity contribution in [2.24, 2.45) is 11.5 Å². The third kappa shape index (κ3) is 50.7. The second-order valence-corrected chi connectivity index (χ2v) is 14.7. The minimum Gasteiger partial charge on any atom is -0.330 e. The average Bonchev–Trinajstić information content (AvgIpc) is 3.05. The number of rotatable bonds is 39. The van der Waals surface area contributed by atoms with Crippen molar-refractivity contribution in [3.05, 3.63) is 0 Å². The largest absolute Gasteiger partial charge is 0.330 e. The monoisotopic (exact) mass is 653 g/mol. The van der Waals surface area contributed by atoms with Crippen LogP contribution in [0.5, 0.6) is 0 Å². The molecule has 0 aromatic carbocycles. The molecule has 1 atom stereocenters. The maximum Gasteiger partial charge on any atom is 0.0136 e. The van der Waals surface area contributed by atoms with Gasteiger partial charge in [0.25, 0.3) is 0 Å². The zero-order chi connectivity index (χ0) is 33.9. The maximum absolute atomic E-state index is 5.70. The van der Waals surface area contributed by atoms with Crippen LogP contribution >= 0.6 is 0 Å². The van der Waals surface area contributed by atoms with Gasteiger partial charge in [-0.05, 0) is 52.4 Å². The first-order valence-corrected chi connectivity index (χ1v) is 21.6. The summed E-state index contributed by atoms with van der Waals surface area (Å²) in [6.07, 6.45) is 47.2. The Hall–Kier alpha value is -0.160. The molecule has 6 N–H and O–H groups in total. The van der Waals surface area contributed by atoms with Gasteiger partial charge in [-0.2, -0.15) is 0 Å². The summed E-state index contributed by atoms with van der Waals surface area (Å²) in [4.78, 5) is 0. The summed E-state index contributed by atoms with van der Waals surface area (Å²) >= 11 is 0. The van der Waals surface area contributed by atoms with E-state index in [-0.39, 0.29) is 6.04 Å². The Labute approximate surface area is 292 Å². The van der Waals surface area contributed by atoms with E-state index in [1.165, 1.54) is 212 Å². The van der Waals surface area contributed by atoms with E-state index in [1.54, 1.807) is 0 Å². The van der Waals surface area contributed by atoms with E-state index in [1.807, 2.05) is 0 Å². The predicted molar refractivity (Wildman–Crippen MR) is 212 cm³/mol. The van der Waals surface area contributed by atoms with Crippen molar-refractivity contribution in [1.82, 2.24) is 10.6 Å². The third-order valence-electron chi connectivity index (χ3n) is 9.44. The predicted octanol–water partition coefficient (Wildman–Crippen LogP) is 12.4. The Kier molecular flexibility index (Phi) is 49.0. The van der Waals surface area contributed by atoms with Gasteiger partial charge in [0, 0.05) is 12.6 Å². The van der Waals surface area contributed by atoms with Crippen LogP contribution in [0.25, 0.3) is 0 Å². The van der Waals surface area contributed by atoms with E-state index in [4.69, 9.17) is 11.5 Å². The van der Waals surface area contributed by atoms with E-state index in [9.17, 15) is 0 Å². The Morgan fingerprint density at radius 1 is 0.348 bits per heavy atom. The van der Waals surface area contributed by atoms with Crippen LogP contribution in [0.1, 0.15) is 233 Å². The van der Waals surface area contributed by atoms with Gasteiger partial charge >= 0.3 is 0 Å². The molecule has 0 aromatic rings. The van der Waals surface area contributed by atoms with Gasteiger partial charge < -0.3 is 22.1 Å². The molecule has 0 fully saturated rings. The zero-order valence-electron chi connectivity index (χ0n) is 32.6. The third-order valence-corrected chi connectivity index (χ3v) is 9.44. The first-order valence-electron chi connectivity index (χ1n) is 21.6. The Morgan fingerprint density at radius 3 is 0.848 bits per heavy atom. The molecule has 4 nitrogen and oxygen atoms in total. The molecule has 0 aliphatic heterocycles. The number of hydrogen-bond acceptors (Lipinski definition) is 4. The van der Waals surface area contributed by atoms with Gasteiger partial charge in [-0.3, -0.25) is 0 Å². The van der Waals surface area contributed by atoms with Crippen LogP contribution in [0.4, 0.5) is 0 Å². The summed E-state index contributed by atoms with van der Waals surface area (Å²) in [6.45, 7) is 11.8. The van der Waals surface area contributed by atoms with Crippen LogP contribution in [0.2, 0.25) is 0 Å². The molecule has 0 bridgehead atoms. The number of unbranched alkanes of at least 4 members (excludes halogenated alkanes) is 30. The lowest BCUT2D eigenvalue weighted by atomic mass is 10.0. The molecule has 4 heteroatoms. The van der Waals surface area contributed by atoms with E-state index in [0.29, 0.717) is 0 Å². The van der Waals surface area contributed by atoms with Crippen LogP contribution in [-0.2, 0) is 0 Å². The molecule has 0 heterocycles. The standard InChI is InChI=1S/2C21H46N2/c1-3-4-5-6-7-8-9-10-11-12-13-14-15-16-17-18-19-23-20-21(2)22;1-2-3-4-5-6-7-8-9-10-11-12-13-14-15-16-17-20-23-21-18-19-22/h21,23H,3-20,22H2,1-2H3;23H,2-22H2,1H3. The highest BCUT2D eigenvalue weighted by molar-refractivity contribution is 4.58. The molecule has 0 spiro atoms. The second kappa shape index (κ2) is 47.0. The molecular weight excluding hydrogens is 560 g/mol. The summed E-state index contributed by atoms with van der Waals surface area (Å²) < 4.78 is 0. The fourth-order valence-electron chi connectivity index (χ4n) is 6.28. The summed E-state index contributed by atoms with van der Waals surface area (Å²) in [5.41, 5.74) is 11.2. The van der Waals surface area contributed by atoms with Crippen molar-refractivity contribution in [3.8, 4) is 0 Å². The summed E-state index contributed by atoms with van der Waals surface area (Å²) in [5, 5.41) is 6.87. The normalized spacial score (nSPS) is 11.9. The molecule has 0 aliphatic carbocycles. The average molecular weight is 653 g/mol. The smallest absolute Gasteiger partial charge is 0.0136 e. The van der Waals surface area contributed by atoms with Crippen LogP contribution < -0.4 is 22.1 Å². The Balaban J connectivity index is 0. The fourth-order valence-corrected chi connectivity index (χ4v) is 6.28. The Morgan fingerprint density at radius 2 is 0.587 bits per heavy atom. The highest BCUT2D eigenvalue weighted by atomic mass is 14.9. The van der Waals surface area contributed by atoms with Gasteiger partial charge in [-0.15, -0.1) is 0 Å². The van der Waals surface area contributed by atoms with Gasteiger partial charge in [0.1, 0.15) is 0 Å². The highest BCUT2D eigenvalue weighted by Gasteiger charge is 1.97. The van der Waals surface area contributed by atoms with Crippen molar-refractivity contribution >= 4 is 0 Å². The fraction of sp³-hybridized carbons (Fsp3) is 1.00. The molecular formula is C42H92N4. The molecule has 0 rings (SSSR count). The first-order chi connectivity index (χ1) is 22.7. The lowest BCUT2D eigenvalue weighted by Crippen LogP contribution is -2.31. The molecule has 0 radical (unpaired) electrons. The lowest BCUT2D eigenvalue weighted by Gasteiger charge is -2.07. The van der Waals surface area contributed by atoms with Crippen molar-refractivity contribution < 1.29 is 0 Å². The van der Waals surface area contributed by atoms with Crippen molar-refractivity contribution in [3.63, 3.8) is 0 Å². The number of nitrogens with one attached hydrogen (secondary N) is 2. The summed E-state index contributed by atoms with van der Waals surface area (Å²) in [7, 11) is 0. The molecule has 0 saturated heterocycles. The van der Waals surface area contributed by atoms with Crippen LogP contribution in [-0.4, -0.2) is 38.8 Å². The number of hydrogen-bond donors (Lipinski definition) is 4. The maximum atomic E-state index is 5.70. The second-order valence-electron chi connectivity index (χ2n) is 14.7. The van der Waals surface area contributed by atoms with Gasteiger partial charge in [-0.1, -0.05) is 206 Å². The molecule has 0 amide bonds. The van der Waals surface area contributed by atoms with E-state index in [2.05, 4.69) is 31.4 Å². The minimum atomic E-state index is 0.288. The minimum absolute atomic E-state index is 0.288. The zero-order valence-corrected chi connectivity index (χ0v) is 32.6. The topological polar surface area (TPSA) is 76.1 Å². The molecule has 1 unspecified atom stereocenters. The molecule has 0 aromatic heterocycles. The molecule has 0 aliphatic rings. The molecule has 0 saturated carbocycles. The van der Waals surface area contributed by atoms with Gasteiger partial charge in [0.2, 0.25) is 0 Å². The van der Waals surface area contributed by atoms with Crippen LogP contribution in [0, 0.1) is 0 Å². The van der Waals surface area contributed by atoms with Gasteiger partial charge in [-0.25, -0.2) is 0 Å². The molecule has 280 valence electrons. The van der Waals surface area contributed by atoms with E-state index >= 15 is 0 Å². The summed E-state index contributed by atoms with van der Waals surface area (Å²) in [6, 6.07) is 0.288. The van der Waals surface area contributed by atoms with Crippen LogP contribution in [0.15, 0.2) is 0 Å². The molecule has 46 heavy (non-hydrogen) atoms. The van der Waals surface area contributed by atoms with Crippen LogP contribution in [0.3, 0.4) is 0 Å². The van der Waals surface area contributed by atoms with Gasteiger partial charge in [0.15, 0.2) is 0 Å². The lowest BCUT2D eigenvalue weighted by molar-refractivity contribution is 0.522. The van der Waals surface area contributed by atoms with Gasteiger partial charge in [0.05, 0.1) is 0 Å². The summed E-state index contributed by atoms with van der Waals surface area (Å²) in [5.74, 6) is 0. The van der Waals surface area contributed by atoms with Crippen molar-refractivity contribution in [2.75, 3.05) is 32.7 Å².